The zero-order chi connectivity index (χ0) is 86.5. The van der Waals surface area contributed by atoms with Crippen LogP contribution in [0.4, 0.5) is 0 Å². The lowest BCUT2D eigenvalue weighted by atomic mass is 10.1. The van der Waals surface area contributed by atoms with Gasteiger partial charge in [0.15, 0.2) is 44.1 Å². The highest BCUT2D eigenvalue weighted by Crippen LogP contribution is 2.26. The summed E-state index contributed by atoms with van der Waals surface area (Å²) in [4.78, 5) is 18.7. The molecule has 16 aromatic rings. The predicted octanol–water partition coefficient (Wildman–Crippen LogP) is 12.2. The maximum Gasteiger partial charge on any atom is 0.253 e. The Kier molecular flexibility index (Phi) is 45.6. The van der Waals surface area contributed by atoms with Crippen LogP contribution in [0.1, 0.15) is 252 Å². The summed E-state index contributed by atoms with van der Waals surface area (Å²) >= 11 is 0. The Labute approximate surface area is 838 Å². The van der Waals surface area contributed by atoms with E-state index in [4.69, 9.17) is 0 Å². The Morgan fingerprint density at radius 2 is 0.310 bits per heavy atom. The van der Waals surface area contributed by atoms with E-state index in [2.05, 4.69) is 352 Å². The van der Waals surface area contributed by atoms with Crippen molar-refractivity contribution in [2.24, 2.45) is 28.2 Å². The van der Waals surface area contributed by atoms with Gasteiger partial charge in [-0.25, -0.2) is 56.5 Å². The van der Waals surface area contributed by atoms with Crippen molar-refractivity contribution in [1.29, 1.82) is 0 Å². The van der Waals surface area contributed by atoms with Crippen LogP contribution in [-0.4, -0.2) is 61.9 Å². The monoisotopic (exact) mass is 2190 g/mol. The number of rotatable bonds is 44. The Morgan fingerprint density at radius 3 is 0.481 bits per heavy atom. The van der Waals surface area contributed by atoms with E-state index in [-0.39, 0.29) is 101 Å². The molecule has 0 saturated heterocycles. The second-order valence-corrected chi connectivity index (χ2v) is 35.5. The number of para-hydroxylation sites is 16. The molecule has 2 N–H and O–H groups in total. The average Bonchev–Trinajstić information content (AvgIpc) is 1.65. The lowest BCUT2D eigenvalue weighted by Crippen LogP contribution is -3.00. The summed E-state index contributed by atoms with van der Waals surface area (Å²) in [5.74, 6) is 9.95. The molecule has 0 bridgehead atoms. The van der Waals surface area contributed by atoms with Gasteiger partial charge < -0.3 is 120 Å². The molecule has 696 valence electrons. The third-order valence-corrected chi connectivity index (χ3v) is 27.1. The molecule has 0 radical (unpaired) electrons. The van der Waals surface area contributed by atoms with Gasteiger partial charge in [-0.05, 0) is 202 Å². The van der Waals surface area contributed by atoms with E-state index >= 15 is 0 Å². The molecular formula is C108H150I4N16O. The lowest BCUT2D eigenvalue weighted by Gasteiger charge is -2.08. The minimum Gasteiger partial charge on any atom is -1.00 e. The standard InChI is InChI=1S/2C28H40N4.2C26H34N4.4HI.H2O/c2*1-23-29(3)25-17-11-13-19-27(25)31(23)21-15-9-7-5-6-8-10-16-22-32-24(2)30(4)26-18-12-14-20-28(26)32;2*1-21-27-23-15-9-11-17-25(23)29(21)19-13-7-5-3-4-6-8-14-20-30-22(2)28-24-16-10-12-18-26(24)30;;;;;/h2*11-14,17-20H,5-10,15-16,21-22H2,1-4H3;2*9-12,15-18H,3-8,13-14,19-20H2,1-2H3;4*1H;1H2/q2*+2;;;;;;;/p-4. The highest BCUT2D eigenvalue weighted by molar-refractivity contribution is 5.79. The third kappa shape index (κ3) is 28.3. The van der Waals surface area contributed by atoms with Gasteiger partial charge in [0.05, 0.1) is 98.5 Å². The molecule has 0 fully saturated rings. The zero-order valence-corrected chi connectivity index (χ0v) is 88.6. The van der Waals surface area contributed by atoms with Gasteiger partial charge in [-0.15, -0.1) is 0 Å². The van der Waals surface area contributed by atoms with Crippen LogP contribution in [-0.2, 0) is 80.5 Å². The van der Waals surface area contributed by atoms with Crippen molar-refractivity contribution in [2.75, 3.05) is 0 Å². The van der Waals surface area contributed by atoms with Crippen LogP contribution in [0.5, 0.6) is 0 Å². The van der Waals surface area contributed by atoms with Gasteiger partial charge >= 0.3 is 0 Å². The minimum atomic E-state index is 0. The molecule has 8 aromatic heterocycles. The number of halogens is 4. The fourth-order valence-corrected chi connectivity index (χ4v) is 19.5. The van der Waals surface area contributed by atoms with Crippen molar-refractivity contribution in [3.05, 3.63) is 241 Å². The number of hydrogen-bond acceptors (Lipinski definition) is 4. The SMILES string of the molecule is Cc1n(CCCCCCCCCCn2c(C)[n+](C)c3ccccc32)c2ccccc2[n+]1C.Cc1n(CCCCCCCCCCn2c(C)[n+](C)c3ccccc32)c2ccccc2[n+]1C.Cc1nc2ccccc2n1CCCCCCCCCCn1c(C)nc2ccccc21.Cc1nc2ccccc2n1CCCCCCCCCCn1c(C)nc2ccccc21.O.[I-].[I-].[I-].[I-]. The maximum absolute atomic E-state index is 4.67. The van der Waals surface area contributed by atoms with Crippen LogP contribution in [0, 0.1) is 55.4 Å². The van der Waals surface area contributed by atoms with Gasteiger partial charge in [0, 0.05) is 53.9 Å². The topological polar surface area (TPSA) is 138 Å². The number of fused-ring (bicyclic) bond motifs is 8. The first-order chi connectivity index (χ1) is 60.7. The van der Waals surface area contributed by atoms with Gasteiger partial charge in [0.25, 0.3) is 23.3 Å². The second kappa shape index (κ2) is 55.2. The van der Waals surface area contributed by atoms with Gasteiger partial charge in [-0.1, -0.05) is 225 Å². The number of imidazole rings is 8. The van der Waals surface area contributed by atoms with Crippen molar-refractivity contribution >= 4 is 88.3 Å². The summed E-state index contributed by atoms with van der Waals surface area (Å²) in [6.07, 6.45) is 42.4. The molecule has 0 aliphatic heterocycles. The highest BCUT2D eigenvalue weighted by Gasteiger charge is 2.23. The van der Waals surface area contributed by atoms with Gasteiger partial charge in [-0.3, -0.25) is 0 Å². The summed E-state index contributed by atoms with van der Waals surface area (Å²) in [6.45, 7) is 26.3. The largest absolute Gasteiger partial charge is 1.00 e. The quantitative estimate of drug-likeness (QED) is 0.0213. The van der Waals surface area contributed by atoms with E-state index in [1.54, 1.807) is 0 Å². The third-order valence-electron chi connectivity index (χ3n) is 27.1. The van der Waals surface area contributed by atoms with Gasteiger partial charge in [0.2, 0.25) is 0 Å². The molecule has 129 heavy (non-hydrogen) atoms. The summed E-state index contributed by atoms with van der Waals surface area (Å²) in [6, 6.07) is 68.9. The molecule has 16 rings (SSSR count). The van der Waals surface area contributed by atoms with Crippen molar-refractivity contribution in [3.63, 3.8) is 0 Å². The average molecular weight is 2200 g/mol. The van der Waals surface area contributed by atoms with E-state index in [1.165, 1.54) is 295 Å². The number of hydrogen-bond donors (Lipinski definition) is 0. The van der Waals surface area contributed by atoms with Crippen LogP contribution >= 0.6 is 0 Å². The van der Waals surface area contributed by atoms with Crippen LogP contribution in [0.2, 0.25) is 0 Å². The number of benzene rings is 8. The van der Waals surface area contributed by atoms with E-state index in [0.29, 0.717) is 0 Å². The van der Waals surface area contributed by atoms with Crippen LogP contribution in [0.25, 0.3) is 88.3 Å². The van der Waals surface area contributed by atoms with E-state index in [0.717, 1.165) is 97.7 Å². The first kappa shape index (κ1) is 107. The molecule has 0 spiro atoms. The zero-order valence-electron chi connectivity index (χ0n) is 79.9. The Balaban J connectivity index is 0.000000210. The molecule has 0 atom stereocenters. The van der Waals surface area contributed by atoms with Gasteiger partial charge in [-0.2, -0.15) is 0 Å². The maximum atomic E-state index is 4.67. The summed E-state index contributed by atoms with van der Waals surface area (Å²) in [7, 11) is 8.70. The minimum absolute atomic E-state index is 0. The molecule has 0 saturated carbocycles. The first-order valence-electron chi connectivity index (χ1n) is 48.1. The molecule has 0 aliphatic rings. The van der Waals surface area contributed by atoms with Crippen molar-refractivity contribution in [3.8, 4) is 0 Å². The Hall–Kier alpha value is -7.60. The number of unbranched alkanes of at least 4 members (excludes halogenated alkanes) is 28. The van der Waals surface area contributed by atoms with Crippen molar-refractivity contribution < 1.29 is 120 Å². The number of aromatic nitrogens is 16. The van der Waals surface area contributed by atoms with Gasteiger partial charge in [0.1, 0.15) is 23.3 Å². The lowest BCUT2D eigenvalue weighted by molar-refractivity contribution is -0.652. The van der Waals surface area contributed by atoms with E-state index < -0.39 is 0 Å². The van der Waals surface area contributed by atoms with Crippen LogP contribution in [0.15, 0.2) is 194 Å². The molecule has 17 nitrogen and oxygen atoms in total. The summed E-state index contributed by atoms with van der Waals surface area (Å²) in [5.41, 5.74) is 20.4. The number of aryl methyl sites for hydroxylation is 16. The molecular weight excluding hydrogens is 2040 g/mol. The molecule has 0 amide bonds. The van der Waals surface area contributed by atoms with Crippen molar-refractivity contribution in [1.82, 2.24) is 56.5 Å². The first-order valence-corrected chi connectivity index (χ1v) is 48.1. The predicted molar refractivity (Wildman–Crippen MR) is 521 cm³/mol. The fourth-order valence-electron chi connectivity index (χ4n) is 19.5. The van der Waals surface area contributed by atoms with Crippen LogP contribution in [0.3, 0.4) is 0 Å². The van der Waals surface area contributed by atoms with Crippen molar-refractivity contribution in [2.45, 2.75) is 313 Å². The fraction of sp³-hybridized carbons (Fsp3) is 0.481. The highest BCUT2D eigenvalue weighted by atomic mass is 127. The molecule has 8 aromatic carbocycles. The Morgan fingerprint density at radius 1 is 0.178 bits per heavy atom. The normalized spacial score (nSPS) is 11.3. The van der Waals surface area contributed by atoms with Crippen LogP contribution < -0.4 is 114 Å². The molecule has 21 heteroatoms. The molecule has 8 heterocycles. The summed E-state index contributed by atoms with van der Waals surface area (Å²) < 4.78 is 28.7. The molecule has 0 aliphatic carbocycles. The number of nitrogens with zero attached hydrogens (tertiary/aromatic N) is 16. The van der Waals surface area contributed by atoms with E-state index in [1.807, 2.05) is 0 Å². The second-order valence-electron chi connectivity index (χ2n) is 35.5. The summed E-state index contributed by atoms with van der Waals surface area (Å²) in [5, 5.41) is 0. The van der Waals surface area contributed by atoms with E-state index in [9.17, 15) is 0 Å². The smallest absolute Gasteiger partial charge is 0.253 e. The molecule has 0 unspecified atom stereocenters. The Bertz CT molecular complexity index is 5300.